The van der Waals surface area contributed by atoms with Gasteiger partial charge in [0.1, 0.15) is 18.4 Å². The summed E-state index contributed by atoms with van der Waals surface area (Å²) >= 11 is 5.90. The molecule has 5 nitrogen and oxygen atoms in total. The van der Waals surface area contributed by atoms with E-state index >= 15 is 0 Å². The van der Waals surface area contributed by atoms with Crippen LogP contribution in [0.25, 0.3) is 0 Å². The fourth-order valence-electron chi connectivity index (χ4n) is 2.07. The van der Waals surface area contributed by atoms with Crippen molar-refractivity contribution < 1.29 is 9.53 Å². The van der Waals surface area contributed by atoms with E-state index in [1.54, 1.807) is 18.2 Å². The van der Waals surface area contributed by atoms with Gasteiger partial charge in [0.2, 0.25) is 5.91 Å². The molecule has 2 aromatic carbocycles. The summed E-state index contributed by atoms with van der Waals surface area (Å²) in [6.45, 7) is 1.27. The molecule has 124 valence electrons. The minimum Gasteiger partial charge on any atom is -0.492 e. The number of carbonyl (C=O) groups excluding carboxylic acids is 1. The highest BCUT2D eigenvalue weighted by Crippen LogP contribution is 2.20. The molecule has 0 heterocycles. The van der Waals surface area contributed by atoms with Gasteiger partial charge < -0.3 is 10.1 Å². The third kappa shape index (κ3) is 5.58. The first-order chi connectivity index (χ1) is 11.6. The Balaban J connectivity index is 1.79. The number of hydrogen-bond donors (Lipinski definition) is 1. The zero-order valence-corrected chi connectivity index (χ0v) is 14.1. The summed E-state index contributed by atoms with van der Waals surface area (Å²) in [6.07, 6.45) is 0. The first-order valence-electron chi connectivity index (χ1n) is 7.44. The Morgan fingerprint density at radius 2 is 2.04 bits per heavy atom. The molecule has 24 heavy (non-hydrogen) atoms. The summed E-state index contributed by atoms with van der Waals surface area (Å²) in [5, 5.41) is 12.2. The van der Waals surface area contributed by atoms with E-state index < -0.39 is 0 Å². The molecular weight excluding hydrogens is 326 g/mol. The lowest BCUT2D eigenvalue weighted by atomic mass is 10.2. The number of benzene rings is 2. The van der Waals surface area contributed by atoms with Gasteiger partial charge in [0.05, 0.1) is 17.8 Å². The van der Waals surface area contributed by atoms with Crippen LogP contribution in [0, 0.1) is 11.3 Å². The van der Waals surface area contributed by atoms with Crippen molar-refractivity contribution in [2.24, 2.45) is 0 Å². The largest absolute Gasteiger partial charge is 0.492 e. The standard InChI is InChI=1S/C18H18ClN3O2/c1-22(9-10-24-16-5-3-2-4-6-16)13-18(23)21-17-11-15(19)8-7-14(17)12-20/h2-8,11H,9-10,13H2,1H3,(H,21,23). The molecular formula is C18H18ClN3O2. The van der Waals surface area contributed by atoms with Crippen LogP contribution in [-0.2, 0) is 4.79 Å². The quantitative estimate of drug-likeness (QED) is 0.838. The highest BCUT2D eigenvalue weighted by Gasteiger charge is 2.10. The summed E-state index contributed by atoms with van der Waals surface area (Å²) in [7, 11) is 1.83. The van der Waals surface area contributed by atoms with Gasteiger partial charge in [-0.15, -0.1) is 0 Å². The second-order valence-corrected chi connectivity index (χ2v) is 5.69. The van der Waals surface area contributed by atoms with E-state index in [0.717, 1.165) is 5.75 Å². The fourth-order valence-corrected chi connectivity index (χ4v) is 2.24. The summed E-state index contributed by atoms with van der Waals surface area (Å²) in [6, 6.07) is 16.3. The van der Waals surface area contributed by atoms with Gasteiger partial charge in [-0.05, 0) is 37.4 Å². The minimum atomic E-state index is -0.212. The summed E-state index contributed by atoms with van der Waals surface area (Å²) < 4.78 is 5.59. The number of likely N-dealkylation sites (N-methyl/N-ethyl adjacent to an activating group) is 1. The van der Waals surface area contributed by atoms with Crippen molar-refractivity contribution in [1.29, 1.82) is 5.26 Å². The Morgan fingerprint density at radius 1 is 1.29 bits per heavy atom. The van der Waals surface area contributed by atoms with Gasteiger partial charge in [0.15, 0.2) is 0 Å². The summed E-state index contributed by atoms with van der Waals surface area (Å²) in [5.74, 6) is 0.587. The molecule has 0 radical (unpaired) electrons. The zero-order chi connectivity index (χ0) is 17.4. The van der Waals surface area contributed by atoms with E-state index in [-0.39, 0.29) is 12.5 Å². The molecule has 0 saturated heterocycles. The van der Waals surface area contributed by atoms with Crippen molar-refractivity contribution in [3.8, 4) is 11.8 Å². The Labute approximate surface area is 146 Å². The first kappa shape index (κ1) is 17.8. The lowest BCUT2D eigenvalue weighted by Crippen LogP contribution is -2.33. The van der Waals surface area contributed by atoms with Crippen LogP contribution < -0.4 is 10.1 Å². The van der Waals surface area contributed by atoms with Crippen molar-refractivity contribution >= 4 is 23.2 Å². The zero-order valence-electron chi connectivity index (χ0n) is 13.3. The van der Waals surface area contributed by atoms with Gasteiger partial charge >= 0.3 is 0 Å². The topological polar surface area (TPSA) is 65.4 Å². The van der Waals surface area contributed by atoms with Crippen LogP contribution in [0.3, 0.4) is 0 Å². The van der Waals surface area contributed by atoms with Crippen LogP contribution in [0.1, 0.15) is 5.56 Å². The van der Waals surface area contributed by atoms with Crippen LogP contribution in [0.15, 0.2) is 48.5 Å². The van der Waals surface area contributed by atoms with E-state index in [0.29, 0.717) is 29.4 Å². The van der Waals surface area contributed by atoms with Crippen LogP contribution in [0.5, 0.6) is 5.75 Å². The number of nitriles is 1. The van der Waals surface area contributed by atoms with E-state index in [2.05, 4.69) is 5.32 Å². The molecule has 0 aliphatic carbocycles. The number of hydrogen-bond acceptors (Lipinski definition) is 4. The number of nitrogens with zero attached hydrogens (tertiary/aromatic N) is 2. The first-order valence-corrected chi connectivity index (χ1v) is 7.82. The van der Waals surface area contributed by atoms with Crippen LogP contribution in [0.4, 0.5) is 5.69 Å². The Kier molecular flexibility index (Phi) is 6.62. The smallest absolute Gasteiger partial charge is 0.238 e. The molecule has 2 aromatic rings. The molecule has 0 aliphatic heterocycles. The lowest BCUT2D eigenvalue weighted by Gasteiger charge is -2.17. The molecule has 1 amide bonds. The van der Waals surface area contributed by atoms with Crippen LogP contribution in [-0.4, -0.2) is 37.6 Å². The maximum atomic E-state index is 12.1. The maximum Gasteiger partial charge on any atom is 0.238 e. The second kappa shape index (κ2) is 8.92. The number of ether oxygens (including phenoxy) is 1. The van der Waals surface area contributed by atoms with E-state index in [4.69, 9.17) is 21.6 Å². The van der Waals surface area contributed by atoms with Crippen molar-refractivity contribution in [2.75, 3.05) is 32.1 Å². The summed E-state index contributed by atoms with van der Waals surface area (Å²) in [5.41, 5.74) is 0.798. The molecule has 0 bridgehead atoms. The highest BCUT2D eigenvalue weighted by molar-refractivity contribution is 6.31. The predicted molar refractivity (Wildman–Crippen MR) is 94.2 cm³/mol. The van der Waals surface area contributed by atoms with Crippen molar-refractivity contribution in [1.82, 2.24) is 4.90 Å². The normalized spacial score (nSPS) is 10.2. The predicted octanol–water partition coefficient (Wildman–Crippen LogP) is 3.16. The second-order valence-electron chi connectivity index (χ2n) is 5.25. The molecule has 0 atom stereocenters. The SMILES string of the molecule is CN(CCOc1ccccc1)CC(=O)Nc1cc(Cl)ccc1C#N. The molecule has 2 rings (SSSR count). The van der Waals surface area contributed by atoms with Gasteiger partial charge in [-0.3, -0.25) is 9.69 Å². The molecule has 6 heteroatoms. The number of carbonyl (C=O) groups is 1. The molecule has 0 aromatic heterocycles. The monoisotopic (exact) mass is 343 g/mol. The average Bonchev–Trinajstić information content (AvgIpc) is 2.56. The summed E-state index contributed by atoms with van der Waals surface area (Å²) in [4.78, 5) is 13.9. The maximum absolute atomic E-state index is 12.1. The third-order valence-corrected chi connectivity index (χ3v) is 3.51. The average molecular weight is 344 g/mol. The Bertz CT molecular complexity index is 729. The van der Waals surface area contributed by atoms with Crippen molar-refractivity contribution in [2.45, 2.75) is 0 Å². The highest BCUT2D eigenvalue weighted by atomic mass is 35.5. The molecule has 0 unspecified atom stereocenters. The molecule has 0 spiro atoms. The van der Waals surface area contributed by atoms with Gasteiger partial charge in [-0.25, -0.2) is 0 Å². The van der Waals surface area contributed by atoms with E-state index in [1.807, 2.05) is 48.3 Å². The number of rotatable bonds is 7. The van der Waals surface area contributed by atoms with E-state index in [9.17, 15) is 4.79 Å². The van der Waals surface area contributed by atoms with Crippen LogP contribution in [0.2, 0.25) is 5.02 Å². The van der Waals surface area contributed by atoms with Crippen LogP contribution >= 0.6 is 11.6 Å². The Morgan fingerprint density at radius 3 is 2.75 bits per heavy atom. The number of halogens is 1. The van der Waals surface area contributed by atoms with Gasteiger partial charge in [-0.1, -0.05) is 29.8 Å². The van der Waals surface area contributed by atoms with E-state index in [1.165, 1.54) is 0 Å². The Hall–Kier alpha value is -2.55. The molecule has 0 saturated carbocycles. The van der Waals surface area contributed by atoms with Crippen molar-refractivity contribution in [3.05, 3.63) is 59.1 Å². The van der Waals surface area contributed by atoms with Gasteiger partial charge in [0.25, 0.3) is 0 Å². The molecule has 1 N–H and O–H groups in total. The van der Waals surface area contributed by atoms with Crippen molar-refractivity contribution in [3.63, 3.8) is 0 Å². The number of nitrogens with one attached hydrogen (secondary N) is 1. The van der Waals surface area contributed by atoms with Gasteiger partial charge in [0, 0.05) is 11.6 Å². The molecule has 0 fully saturated rings. The van der Waals surface area contributed by atoms with Gasteiger partial charge in [-0.2, -0.15) is 5.26 Å². The third-order valence-electron chi connectivity index (χ3n) is 3.27. The number of para-hydroxylation sites is 1. The minimum absolute atomic E-state index is 0.190. The fraction of sp³-hybridized carbons (Fsp3) is 0.222. The molecule has 0 aliphatic rings. The number of anilines is 1. The lowest BCUT2D eigenvalue weighted by molar-refractivity contribution is -0.117. The number of amides is 1.